The van der Waals surface area contributed by atoms with Gasteiger partial charge in [-0.15, -0.1) is 0 Å². The number of nitrogens with zero attached hydrogens (tertiary/aromatic N) is 2. The van der Waals surface area contributed by atoms with Crippen LogP contribution >= 0.6 is 23.2 Å². The zero-order valence-electron chi connectivity index (χ0n) is 27.7. The van der Waals surface area contributed by atoms with E-state index in [9.17, 15) is 14.4 Å². The van der Waals surface area contributed by atoms with E-state index in [0.717, 1.165) is 59.4 Å². The zero-order chi connectivity index (χ0) is 34.5. The normalized spacial score (nSPS) is 17.4. The van der Waals surface area contributed by atoms with Crippen molar-refractivity contribution in [3.63, 3.8) is 0 Å². The fourth-order valence-electron chi connectivity index (χ4n) is 7.13. The van der Waals surface area contributed by atoms with Crippen molar-refractivity contribution in [3.05, 3.63) is 113 Å². The van der Waals surface area contributed by atoms with Crippen LogP contribution in [-0.2, 0) is 20.9 Å². The van der Waals surface area contributed by atoms with Crippen molar-refractivity contribution in [1.82, 2.24) is 5.32 Å². The van der Waals surface area contributed by atoms with E-state index >= 15 is 0 Å². The van der Waals surface area contributed by atoms with Crippen molar-refractivity contribution in [2.24, 2.45) is 23.5 Å². The van der Waals surface area contributed by atoms with Gasteiger partial charge in [-0.05, 0) is 72.4 Å². The van der Waals surface area contributed by atoms with E-state index in [1.165, 1.54) is 0 Å². The van der Waals surface area contributed by atoms with Crippen LogP contribution < -0.4 is 20.9 Å². The highest BCUT2D eigenvalue weighted by molar-refractivity contribution is 6.36. The van der Waals surface area contributed by atoms with Crippen LogP contribution in [0.5, 0.6) is 0 Å². The molecule has 3 atom stereocenters. The van der Waals surface area contributed by atoms with Crippen molar-refractivity contribution in [1.29, 1.82) is 0 Å². The van der Waals surface area contributed by atoms with Gasteiger partial charge in [-0.25, -0.2) is 0 Å². The predicted molar refractivity (Wildman–Crippen MR) is 198 cm³/mol. The molecule has 1 saturated carbocycles. The number of fused-ring (bicyclic) bond motifs is 1. The topological polar surface area (TPSA) is 95.7 Å². The van der Waals surface area contributed by atoms with E-state index in [0.29, 0.717) is 28.8 Å². The number of carbonyl (C=O) groups is 3. The highest BCUT2D eigenvalue weighted by Crippen LogP contribution is 2.40. The highest BCUT2D eigenvalue weighted by Gasteiger charge is 2.40. The average molecular weight is 698 g/mol. The molecule has 1 aliphatic carbocycles. The lowest BCUT2D eigenvalue weighted by Crippen LogP contribution is -2.54. The second-order valence-electron chi connectivity index (χ2n) is 13.2. The Kier molecular flexibility index (Phi) is 10.9. The SMILES string of the molecule is CCC[C@H](C(N)=O)[C@@H](CC1CCC1)C(=O)NC1CN(c2ccccc2)c2ccccc2N(Cc2cccc(-c3ccc(Cl)cc3Cl)c2)C1=O. The third-order valence-electron chi connectivity index (χ3n) is 9.89. The number of anilines is 3. The lowest BCUT2D eigenvalue weighted by Gasteiger charge is -2.33. The lowest BCUT2D eigenvalue weighted by molar-refractivity contribution is -0.136. The first-order chi connectivity index (χ1) is 23.7. The molecule has 49 heavy (non-hydrogen) atoms. The number of para-hydroxylation sites is 3. The van der Waals surface area contributed by atoms with Gasteiger partial charge in [0.25, 0.3) is 5.91 Å². The van der Waals surface area contributed by atoms with Gasteiger partial charge in [-0.3, -0.25) is 14.4 Å². The Hall–Kier alpha value is -4.33. The maximum Gasteiger partial charge on any atom is 0.251 e. The second kappa shape index (κ2) is 15.5. The molecule has 0 bridgehead atoms. The molecule has 3 amide bonds. The van der Waals surface area contributed by atoms with Gasteiger partial charge < -0.3 is 20.9 Å². The monoisotopic (exact) mass is 696 g/mol. The molecule has 6 rings (SSSR count). The van der Waals surface area contributed by atoms with E-state index in [2.05, 4.69) is 10.2 Å². The maximum absolute atomic E-state index is 14.8. The minimum atomic E-state index is -0.895. The largest absolute Gasteiger partial charge is 0.369 e. The summed E-state index contributed by atoms with van der Waals surface area (Å²) >= 11 is 12.7. The van der Waals surface area contributed by atoms with E-state index in [-0.39, 0.29) is 24.9 Å². The van der Waals surface area contributed by atoms with Gasteiger partial charge in [0, 0.05) is 33.1 Å². The van der Waals surface area contributed by atoms with Gasteiger partial charge in [0.2, 0.25) is 11.8 Å². The van der Waals surface area contributed by atoms with Crippen LogP contribution in [0.2, 0.25) is 10.0 Å². The van der Waals surface area contributed by atoms with Gasteiger partial charge in [-0.2, -0.15) is 0 Å². The molecular formula is C40H42Cl2N4O3. The standard InChI is InChI=1S/C40H42Cl2N4O3/c1-2-10-32(38(43)47)33(22-26-11-8-12-26)39(48)44-35-25-45(30-15-4-3-5-16-30)36-17-6-7-18-37(36)46(40(35)49)24-27-13-9-14-28(21-27)31-20-19-29(41)23-34(31)42/h3-7,9,13-21,23,26,32-33,35H,2,8,10-12,22,24-25H2,1H3,(H2,43,47)(H,44,48)/t32-,33+,35?/m0/s1. The number of primary amides is 1. The number of hydrogen-bond acceptors (Lipinski definition) is 4. The summed E-state index contributed by atoms with van der Waals surface area (Å²) in [7, 11) is 0. The zero-order valence-corrected chi connectivity index (χ0v) is 29.2. The Bertz CT molecular complexity index is 1810. The molecule has 2 aliphatic rings. The minimum Gasteiger partial charge on any atom is -0.369 e. The molecule has 254 valence electrons. The fraction of sp³-hybridized carbons (Fsp3) is 0.325. The third kappa shape index (κ3) is 7.79. The van der Waals surface area contributed by atoms with Crippen LogP contribution in [0.3, 0.4) is 0 Å². The number of rotatable bonds is 12. The van der Waals surface area contributed by atoms with Crippen molar-refractivity contribution < 1.29 is 14.4 Å². The van der Waals surface area contributed by atoms with E-state index in [1.807, 2.05) is 91.9 Å². The lowest BCUT2D eigenvalue weighted by atomic mass is 9.74. The molecule has 1 fully saturated rings. The first kappa shape index (κ1) is 34.5. The Morgan fingerprint density at radius 2 is 1.63 bits per heavy atom. The molecule has 0 aromatic heterocycles. The molecule has 4 aromatic rings. The summed E-state index contributed by atoms with van der Waals surface area (Å²) < 4.78 is 0. The van der Waals surface area contributed by atoms with Crippen molar-refractivity contribution >= 4 is 58.0 Å². The summed E-state index contributed by atoms with van der Waals surface area (Å²) in [5.74, 6) is -1.80. The van der Waals surface area contributed by atoms with Gasteiger partial charge in [-0.1, -0.05) is 110 Å². The van der Waals surface area contributed by atoms with Gasteiger partial charge in [0.1, 0.15) is 6.04 Å². The average Bonchev–Trinajstić information content (AvgIpc) is 3.18. The van der Waals surface area contributed by atoms with E-state index < -0.39 is 23.8 Å². The molecule has 0 saturated heterocycles. The minimum absolute atomic E-state index is 0.216. The third-order valence-corrected chi connectivity index (χ3v) is 10.4. The predicted octanol–water partition coefficient (Wildman–Crippen LogP) is 8.54. The number of benzene rings is 4. The Morgan fingerprint density at radius 1 is 0.898 bits per heavy atom. The molecule has 3 N–H and O–H groups in total. The van der Waals surface area contributed by atoms with Gasteiger partial charge >= 0.3 is 0 Å². The Labute approximate surface area is 298 Å². The van der Waals surface area contributed by atoms with Crippen LogP contribution in [0.25, 0.3) is 11.1 Å². The van der Waals surface area contributed by atoms with Crippen LogP contribution in [0, 0.1) is 17.8 Å². The quantitative estimate of drug-likeness (QED) is 0.155. The summed E-state index contributed by atoms with van der Waals surface area (Å²) in [6, 6.07) is 30.1. The summed E-state index contributed by atoms with van der Waals surface area (Å²) in [5, 5.41) is 4.24. The molecule has 4 aromatic carbocycles. The number of amides is 3. The summed E-state index contributed by atoms with van der Waals surface area (Å²) in [5.41, 5.74) is 11.0. The highest BCUT2D eigenvalue weighted by atomic mass is 35.5. The molecular weight excluding hydrogens is 655 g/mol. The summed E-state index contributed by atoms with van der Waals surface area (Å²) in [6.07, 6.45) is 5.05. The fourth-order valence-corrected chi connectivity index (χ4v) is 7.64. The molecule has 1 heterocycles. The van der Waals surface area contributed by atoms with Crippen molar-refractivity contribution in [3.8, 4) is 11.1 Å². The second-order valence-corrected chi connectivity index (χ2v) is 14.0. The summed E-state index contributed by atoms with van der Waals surface area (Å²) in [4.78, 5) is 45.6. The number of carbonyl (C=O) groups excluding carboxylic acids is 3. The van der Waals surface area contributed by atoms with Crippen LogP contribution in [0.15, 0.2) is 97.1 Å². The summed E-state index contributed by atoms with van der Waals surface area (Å²) in [6.45, 7) is 2.47. The molecule has 7 nitrogen and oxygen atoms in total. The molecule has 1 unspecified atom stereocenters. The van der Waals surface area contributed by atoms with Crippen LogP contribution in [-0.4, -0.2) is 30.3 Å². The van der Waals surface area contributed by atoms with Gasteiger partial charge in [0.15, 0.2) is 0 Å². The molecule has 0 spiro atoms. The Balaban J connectivity index is 1.38. The Morgan fingerprint density at radius 3 is 2.31 bits per heavy atom. The van der Waals surface area contributed by atoms with Crippen molar-refractivity contribution in [2.45, 2.75) is 58.0 Å². The van der Waals surface area contributed by atoms with Crippen LogP contribution in [0.4, 0.5) is 17.1 Å². The molecule has 0 radical (unpaired) electrons. The maximum atomic E-state index is 14.8. The van der Waals surface area contributed by atoms with Crippen molar-refractivity contribution in [2.75, 3.05) is 16.3 Å². The number of halogens is 2. The number of nitrogens with one attached hydrogen (secondary N) is 1. The van der Waals surface area contributed by atoms with Crippen LogP contribution in [0.1, 0.15) is 51.0 Å². The van der Waals surface area contributed by atoms with Gasteiger partial charge in [0.05, 0.1) is 24.5 Å². The first-order valence-electron chi connectivity index (χ1n) is 17.1. The molecule has 1 aliphatic heterocycles. The number of nitrogens with two attached hydrogens (primary N) is 1. The number of hydrogen-bond donors (Lipinski definition) is 2. The van der Waals surface area contributed by atoms with E-state index in [1.54, 1.807) is 17.0 Å². The first-order valence-corrected chi connectivity index (χ1v) is 17.9. The van der Waals surface area contributed by atoms with E-state index in [4.69, 9.17) is 28.9 Å². The smallest absolute Gasteiger partial charge is 0.251 e. The molecule has 9 heteroatoms.